The third-order valence-electron chi connectivity index (χ3n) is 3.72. The molecule has 0 bridgehead atoms. The second kappa shape index (κ2) is 6.31. The molecule has 2 amide bonds. The zero-order chi connectivity index (χ0) is 15.5. The second-order valence-electron chi connectivity index (χ2n) is 5.69. The topological polar surface area (TPSA) is 71.8 Å². The molecule has 7 nitrogen and oxygen atoms in total. The zero-order valence-corrected chi connectivity index (χ0v) is 12.9. The van der Waals surface area contributed by atoms with Gasteiger partial charge in [0, 0.05) is 32.3 Å². The summed E-state index contributed by atoms with van der Waals surface area (Å²) in [7, 11) is 0. The van der Waals surface area contributed by atoms with Gasteiger partial charge in [-0.1, -0.05) is 6.07 Å². The van der Waals surface area contributed by atoms with Crippen LogP contribution in [0.25, 0.3) is 5.65 Å². The number of nitrogens with one attached hydrogen (secondary N) is 1. The Balaban J connectivity index is 1.53. The molecule has 0 aromatic carbocycles. The van der Waals surface area contributed by atoms with Crippen LogP contribution in [0.1, 0.15) is 19.7 Å². The molecule has 0 spiro atoms. The first-order chi connectivity index (χ1) is 10.6. The first-order valence-corrected chi connectivity index (χ1v) is 7.60. The smallest absolute Gasteiger partial charge is 0.317 e. The lowest BCUT2D eigenvalue weighted by molar-refractivity contribution is -0.0544. The molecule has 118 valence electrons. The van der Waals surface area contributed by atoms with E-state index in [1.807, 2.05) is 42.6 Å². The molecule has 2 atom stereocenters. The van der Waals surface area contributed by atoms with Gasteiger partial charge in [0.2, 0.25) is 0 Å². The summed E-state index contributed by atoms with van der Waals surface area (Å²) in [6, 6.07) is 5.73. The minimum Gasteiger partial charge on any atom is -0.372 e. The standard InChI is InChI=1S/C15H21N5O2/c1-11-9-19(10-12(2)22-11)15(21)16-7-6-14-18-17-13-5-3-4-8-20(13)14/h3-5,8,11-12H,6-7,9-10H2,1-2H3,(H,16,21)/t11-,12-/m0/s1. The lowest BCUT2D eigenvalue weighted by atomic mass is 10.2. The van der Waals surface area contributed by atoms with Crippen LogP contribution in [0.4, 0.5) is 4.79 Å². The van der Waals surface area contributed by atoms with Gasteiger partial charge in [0.1, 0.15) is 5.82 Å². The molecular formula is C15H21N5O2. The number of ether oxygens (including phenoxy) is 1. The maximum atomic E-state index is 12.2. The highest BCUT2D eigenvalue weighted by Crippen LogP contribution is 2.10. The van der Waals surface area contributed by atoms with Gasteiger partial charge in [0.05, 0.1) is 12.2 Å². The van der Waals surface area contributed by atoms with E-state index < -0.39 is 0 Å². The van der Waals surface area contributed by atoms with E-state index in [0.717, 1.165) is 11.5 Å². The first-order valence-electron chi connectivity index (χ1n) is 7.60. The molecule has 1 aliphatic rings. The number of morpholine rings is 1. The van der Waals surface area contributed by atoms with Crippen LogP contribution in [0, 0.1) is 0 Å². The third kappa shape index (κ3) is 3.19. The molecule has 1 saturated heterocycles. The highest BCUT2D eigenvalue weighted by Gasteiger charge is 2.25. The number of pyridine rings is 1. The Bertz CT molecular complexity index is 646. The quantitative estimate of drug-likeness (QED) is 0.921. The molecule has 1 fully saturated rings. The van der Waals surface area contributed by atoms with Crippen molar-refractivity contribution in [2.24, 2.45) is 0 Å². The van der Waals surface area contributed by atoms with Crippen molar-refractivity contribution in [1.82, 2.24) is 24.8 Å². The Morgan fingerprint density at radius 2 is 2.09 bits per heavy atom. The van der Waals surface area contributed by atoms with Gasteiger partial charge in [-0.25, -0.2) is 4.79 Å². The van der Waals surface area contributed by atoms with Crippen molar-refractivity contribution in [3.8, 4) is 0 Å². The predicted octanol–water partition coefficient (Wildman–Crippen LogP) is 1.09. The Kier molecular flexibility index (Phi) is 4.24. The van der Waals surface area contributed by atoms with E-state index in [-0.39, 0.29) is 18.2 Å². The Labute approximate surface area is 129 Å². The Morgan fingerprint density at radius 3 is 2.86 bits per heavy atom. The number of carbonyl (C=O) groups is 1. The molecule has 0 aliphatic carbocycles. The van der Waals surface area contributed by atoms with Crippen LogP contribution in [-0.2, 0) is 11.2 Å². The van der Waals surface area contributed by atoms with Crippen LogP contribution in [0.15, 0.2) is 24.4 Å². The number of rotatable bonds is 3. The molecule has 22 heavy (non-hydrogen) atoms. The van der Waals surface area contributed by atoms with Gasteiger partial charge in [-0.3, -0.25) is 4.40 Å². The maximum Gasteiger partial charge on any atom is 0.317 e. The molecule has 0 radical (unpaired) electrons. The summed E-state index contributed by atoms with van der Waals surface area (Å²) in [6.45, 7) is 5.76. The normalized spacial score (nSPS) is 22.0. The first kappa shape index (κ1) is 14.8. The molecular weight excluding hydrogens is 282 g/mol. The highest BCUT2D eigenvalue weighted by molar-refractivity contribution is 5.74. The van der Waals surface area contributed by atoms with E-state index in [1.54, 1.807) is 4.90 Å². The van der Waals surface area contributed by atoms with E-state index in [0.29, 0.717) is 26.1 Å². The van der Waals surface area contributed by atoms with Crippen molar-refractivity contribution < 1.29 is 9.53 Å². The van der Waals surface area contributed by atoms with Crippen molar-refractivity contribution in [3.05, 3.63) is 30.2 Å². The van der Waals surface area contributed by atoms with E-state index in [4.69, 9.17) is 4.74 Å². The number of hydrogen-bond acceptors (Lipinski definition) is 4. The predicted molar refractivity (Wildman–Crippen MR) is 81.7 cm³/mol. The maximum absolute atomic E-state index is 12.2. The van der Waals surface area contributed by atoms with E-state index in [2.05, 4.69) is 15.5 Å². The number of nitrogens with zero attached hydrogens (tertiary/aromatic N) is 4. The number of amides is 2. The van der Waals surface area contributed by atoms with Crippen LogP contribution >= 0.6 is 0 Å². The van der Waals surface area contributed by atoms with Crippen molar-refractivity contribution in [3.63, 3.8) is 0 Å². The molecule has 3 rings (SSSR count). The summed E-state index contributed by atoms with van der Waals surface area (Å²) in [4.78, 5) is 14.0. The fraction of sp³-hybridized carbons (Fsp3) is 0.533. The summed E-state index contributed by atoms with van der Waals surface area (Å²) in [5, 5.41) is 11.2. The van der Waals surface area contributed by atoms with Gasteiger partial charge < -0.3 is 15.0 Å². The highest BCUT2D eigenvalue weighted by atomic mass is 16.5. The number of aromatic nitrogens is 3. The molecule has 0 saturated carbocycles. The van der Waals surface area contributed by atoms with Crippen LogP contribution < -0.4 is 5.32 Å². The van der Waals surface area contributed by atoms with Crippen LogP contribution in [0.5, 0.6) is 0 Å². The number of fused-ring (bicyclic) bond motifs is 1. The van der Waals surface area contributed by atoms with Gasteiger partial charge in [-0.05, 0) is 26.0 Å². The Morgan fingerprint density at radius 1 is 1.32 bits per heavy atom. The monoisotopic (exact) mass is 303 g/mol. The lowest BCUT2D eigenvalue weighted by Crippen LogP contribution is -2.51. The molecule has 2 aromatic rings. The number of urea groups is 1. The van der Waals surface area contributed by atoms with Crippen LogP contribution in [-0.4, -0.2) is 57.4 Å². The van der Waals surface area contributed by atoms with Crippen LogP contribution in [0.3, 0.4) is 0 Å². The average Bonchev–Trinajstić information content (AvgIpc) is 2.90. The van der Waals surface area contributed by atoms with Gasteiger partial charge in [-0.15, -0.1) is 10.2 Å². The summed E-state index contributed by atoms with van der Waals surface area (Å²) in [5.74, 6) is 0.847. The SMILES string of the molecule is C[C@H]1CN(C(=O)NCCc2nnc3ccccn23)C[C@H](C)O1. The molecule has 1 N–H and O–H groups in total. The number of carbonyl (C=O) groups excluding carboxylic acids is 1. The zero-order valence-electron chi connectivity index (χ0n) is 12.9. The van der Waals surface area contributed by atoms with E-state index in [1.165, 1.54) is 0 Å². The van der Waals surface area contributed by atoms with Gasteiger partial charge >= 0.3 is 6.03 Å². The van der Waals surface area contributed by atoms with Crippen molar-refractivity contribution in [2.45, 2.75) is 32.5 Å². The minimum atomic E-state index is -0.0455. The van der Waals surface area contributed by atoms with Gasteiger partial charge in [0.25, 0.3) is 0 Å². The van der Waals surface area contributed by atoms with Crippen LogP contribution in [0.2, 0.25) is 0 Å². The third-order valence-corrected chi connectivity index (χ3v) is 3.72. The molecule has 7 heteroatoms. The van der Waals surface area contributed by atoms with Crippen molar-refractivity contribution in [1.29, 1.82) is 0 Å². The van der Waals surface area contributed by atoms with Crippen molar-refractivity contribution >= 4 is 11.7 Å². The van der Waals surface area contributed by atoms with E-state index in [9.17, 15) is 4.79 Å². The second-order valence-corrected chi connectivity index (χ2v) is 5.69. The van der Waals surface area contributed by atoms with Crippen molar-refractivity contribution in [2.75, 3.05) is 19.6 Å². The Hall–Kier alpha value is -2.15. The molecule has 1 aliphatic heterocycles. The largest absolute Gasteiger partial charge is 0.372 e. The number of hydrogen-bond donors (Lipinski definition) is 1. The summed E-state index contributed by atoms with van der Waals surface area (Å²) < 4.78 is 7.57. The molecule has 2 aromatic heterocycles. The molecule has 0 unspecified atom stereocenters. The van der Waals surface area contributed by atoms with E-state index >= 15 is 0 Å². The van der Waals surface area contributed by atoms with Gasteiger partial charge in [0.15, 0.2) is 5.65 Å². The average molecular weight is 303 g/mol. The minimum absolute atomic E-state index is 0.0455. The lowest BCUT2D eigenvalue weighted by Gasteiger charge is -2.35. The summed E-state index contributed by atoms with van der Waals surface area (Å²) >= 11 is 0. The summed E-state index contributed by atoms with van der Waals surface area (Å²) in [5.41, 5.74) is 0.819. The fourth-order valence-corrected chi connectivity index (χ4v) is 2.80. The van der Waals surface area contributed by atoms with Gasteiger partial charge in [-0.2, -0.15) is 0 Å². The molecule has 3 heterocycles. The fourth-order valence-electron chi connectivity index (χ4n) is 2.80. The summed E-state index contributed by atoms with van der Waals surface area (Å²) in [6.07, 6.45) is 2.73.